The van der Waals surface area contributed by atoms with Crippen molar-refractivity contribution in [1.29, 1.82) is 0 Å². The molecule has 17 heavy (non-hydrogen) atoms. The number of nitrogens with two attached hydrogens (primary N) is 1. The van der Waals surface area contributed by atoms with Crippen molar-refractivity contribution >= 4 is 11.8 Å². The van der Waals surface area contributed by atoms with Crippen molar-refractivity contribution in [2.24, 2.45) is 0 Å². The molecule has 2 rings (SSSR count). The van der Waals surface area contributed by atoms with Crippen LogP contribution in [0.25, 0.3) is 0 Å². The fourth-order valence-corrected chi connectivity index (χ4v) is 1.47. The highest BCUT2D eigenvalue weighted by Crippen LogP contribution is 2.10. The van der Waals surface area contributed by atoms with Crippen LogP contribution in [0.5, 0.6) is 5.75 Å². The molecule has 0 saturated carbocycles. The Morgan fingerprint density at radius 1 is 1.18 bits per heavy atom. The molecule has 0 aliphatic carbocycles. The molecule has 0 aliphatic heterocycles. The Balaban J connectivity index is 1.85. The summed E-state index contributed by atoms with van der Waals surface area (Å²) < 4.78 is 0. The van der Waals surface area contributed by atoms with Crippen molar-refractivity contribution in [2.75, 3.05) is 17.6 Å². The van der Waals surface area contributed by atoms with Crippen molar-refractivity contribution in [3.05, 3.63) is 42.1 Å². The van der Waals surface area contributed by atoms with Gasteiger partial charge in [-0.05, 0) is 30.2 Å². The molecule has 4 N–H and O–H groups in total. The van der Waals surface area contributed by atoms with Crippen LogP contribution in [0.4, 0.5) is 11.8 Å². The molecule has 2 aromatic rings. The molecule has 1 aromatic heterocycles. The Morgan fingerprint density at radius 3 is 2.65 bits per heavy atom. The summed E-state index contributed by atoms with van der Waals surface area (Å²) >= 11 is 0. The van der Waals surface area contributed by atoms with Gasteiger partial charge in [-0.25, -0.2) is 4.98 Å². The molecular formula is C12H14N4O. The van der Waals surface area contributed by atoms with Gasteiger partial charge in [0.05, 0.1) is 0 Å². The predicted molar refractivity (Wildman–Crippen MR) is 66.7 cm³/mol. The van der Waals surface area contributed by atoms with Gasteiger partial charge in [0.2, 0.25) is 5.95 Å². The molecule has 0 amide bonds. The van der Waals surface area contributed by atoms with Crippen LogP contribution >= 0.6 is 0 Å². The van der Waals surface area contributed by atoms with E-state index >= 15 is 0 Å². The highest BCUT2D eigenvalue weighted by molar-refractivity contribution is 5.37. The number of aromatic hydroxyl groups is 1. The smallest absolute Gasteiger partial charge is 0.221 e. The molecule has 0 aliphatic rings. The molecule has 5 heteroatoms. The zero-order valence-corrected chi connectivity index (χ0v) is 9.30. The minimum atomic E-state index is 0.264. The van der Waals surface area contributed by atoms with Gasteiger partial charge in [-0.3, -0.25) is 0 Å². The molecular weight excluding hydrogens is 216 g/mol. The molecule has 88 valence electrons. The summed E-state index contributed by atoms with van der Waals surface area (Å²) in [6, 6.07) is 8.92. The van der Waals surface area contributed by atoms with Gasteiger partial charge in [0, 0.05) is 12.7 Å². The van der Waals surface area contributed by atoms with E-state index in [2.05, 4.69) is 15.3 Å². The third kappa shape index (κ3) is 3.34. The number of phenols is 1. The number of hydrogen-bond donors (Lipinski definition) is 3. The first-order valence-electron chi connectivity index (χ1n) is 5.34. The number of nitrogens with one attached hydrogen (secondary N) is 1. The summed E-state index contributed by atoms with van der Waals surface area (Å²) in [5, 5.41) is 12.3. The zero-order chi connectivity index (χ0) is 12.1. The second kappa shape index (κ2) is 5.16. The number of rotatable bonds is 4. The zero-order valence-electron chi connectivity index (χ0n) is 9.30. The van der Waals surface area contributed by atoms with E-state index in [9.17, 15) is 0 Å². The predicted octanol–water partition coefficient (Wildman–Crippen LogP) is 1.42. The summed E-state index contributed by atoms with van der Waals surface area (Å²) in [7, 11) is 0. The number of nitrogens with zero attached hydrogens (tertiary/aromatic N) is 2. The summed E-state index contributed by atoms with van der Waals surface area (Å²) in [4.78, 5) is 7.85. The van der Waals surface area contributed by atoms with Crippen molar-refractivity contribution in [1.82, 2.24) is 9.97 Å². The Hall–Kier alpha value is -2.30. The van der Waals surface area contributed by atoms with Crippen LogP contribution in [-0.2, 0) is 6.42 Å². The van der Waals surface area contributed by atoms with Crippen molar-refractivity contribution < 1.29 is 5.11 Å². The van der Waals surface area contributed by atoms with Crippen LogP contribution < -0.4 is 11.1 Å². The molecule has 1 aromatic carbocycles. The lowest BCUT2D eigenvalue weighted by atomic mass is 10.1. The van der Waals surface area contributed by atoms with Crippen molar-refractivity contribution in [3.63, 3.8) is 0 Å². The van der Waals surface area contributed by atoms with E-state index in [1.54, 1.807) is 24.4 Å². The molecule has 0 saturated heterocycles. The monoisotopic (exact) mass is 230 g/mol. The van der Waals surface area contributed by atoms with E-state index in [1.165, 1.54) is 0 Å². The number of benzene rings is 1. The molecule has 0 bridgehead atoms. The van der Waals surface area contributed by atoms with Gasteiger partial charge in [-0.15, -0.1) is 0 Å². The van der Waals surface area contributed by atoms with Crippen LogP contribution in [0.15, 0.2) is 36.5 Å². The summed E-state index contributed by atoms with van der Waals surface area (Å²) in [5.74, 6) is 1.26. The lowest BCUT2D eigenvalue weighted by molar-refractivity contribution is 0.475. The van der Waals surface area contributed by atoms with E-state index in [0.717, 1.165) is 24.3 Å². The van der Waals surface area contributed by atoms with Gasteiger partial charge in [-0.2, -0.15) is 4.98 Å². The molecule has 1 heterocycles. The Bertz CT molecular complexity index is 484. The van der Waals surface area contributed by atoms with Crippen LogP contribution in [0.1, 0.15) is 5.56 Å². The first-order valence-corrected chi connectivity index (χ1v) is 5.34. The number of aromatic nitrogens is 2. The Labute approximate surface area is 99.3 Å². The van der Waals surface area contributed by atoms with Gasteiger partial charge in [0.25, 0.3) is 0 Å². The molecule has 0 atom stereocenters. The quantitative estimate of drug-likeness (QED) is 0.739. The topological polar surface area (TPSA) is 84.1 Å². The van der Waals surface area contributed by atoms with Gasteiger partial charge in [0.15, 0.2) is 0 Å². The second-order valence-electron chi connectivity index (χ2n) is 3.64. The minimum Gasteiger partial charge on any atom is -0.508 e. The number of nitrogen functional groups attached to an aromatic ring is 1. The minimum absolute atomic E-state index is 0.264. The normalized spacial score (nSPS) is 10.1. The fraction of sp³-hybridized carbons (Fsp3) is 0.167. The van der Waals surface area contributed by atoms with E-state index < -0.39 is 0 Å². The highest BCUT2D eigenvalue weighted by atomic mass is 16.3. The van der Waals surface area contributed by atoms with Gasteiger partial charge in [0.1, 0.15) is 11.6 Å². The maximum Gasteiger partial charge on any atom is 0.221 e. The van der Waals surface area contributed by atoms with Crippen LogP contribution in [0, 0.1) is 0 Å². The number of hydrogen-bond acceptors (Lipinski definition) is 5. The molecule has 0 fully saturated rings. The van der Waals surface area contributed by atoms with Gasteiger partial charge >= 0.3 is 0 Å². The Morgan fingerprint density at radius 2 is 1.94 bits per heavy atom. The van der Waals surface area contributed by atoms with Crippen LogP contribution in [0.2, 0.25) is 0 Å². The van der Waals surface area contributed by atoms with E-state index in [4.69, 9.17) is 10.8 Å². The van der Waals surface area contributed by atoms with E-state index in [0.29, 0.717) is 0 Å². The Kier molecular flexibility index (Phi) is 3.40. The lowest BCUT2D eigenvalue weighted by Crippen LogP contribution is -2.07. The largest absolute Gasteiger partial charge is 0.508 e. The second-order valence-corrected chi connectivity index (χ2v) is 3.64. The van der Waals surface area contributed by atoms with E-state index in [1.807, 2.05) is 12.1 Å². The third-order valence-electron chi connectivity index (χ3n) is 2.33. The molecule has 0 unspecified atom stereocenters. The summed E-state index contributed by atoms with van der Waals surface area (Å²) in [6.07, 6.45) is 2.47. The number of phenolic OH excluding ortho intramolecular Hbond substituents is 1. The molecule has 0 radical (unpaired) electrons. The summed E-state index contributed by atoms with van der Waals surface area (Å²) in [5.41, 5.74) is 6.62. The fourth-order valence-electron chi connectivity index (χ4n) is 1.47. The molecule has 5 nitrogen and oxygen atoms in total. The maximum atomic E-state index is 9.14. The SMILES string of the molecule is Nc1nccc(NCCc2ccc(O)cc2)n1. The van der Waals surface area contributed by atoms with Crippen molar-refractivity contribution in [2.45, 2.75) is 6.42 Å². The van der Waals surface area contributed by atoms with Gasteiger partial charge < -0.3 is 16.2 Å². The maximum absolute atomic E-state index is 9.14. The standard InChI is InChI=1S/C12H14N4O/c13-12-15-8-6-11(16-12)14-7-5-9-1-3-10(17)4-2-9/h1-4,6,8,17H,5,7H2,(H3,13,14,15,16). The summed E-state index contributed by atoms with van der Waals surface area (Å²) in [6.45, 7) is 0.751. The third-order valence-corrected chi connectivity index (χ3v) is 2.33. The molecule has 0 spiro atoms. The number of anilines is 2. The van der Waals surface area contributed by atoms with Crippen LogP contribution in [0.3, 0.4) is 0 Å². The highest BCUT2D eigenvalue weighted by Gasteiger charge is 1.96. The van der Waals surface area contributed by atoms with Crippen LogP contribution in [-0.4, -0.2) is 21.6 Å². The lowest BCUT2D eigenvalue weighted by Gasteiger charge is -2.05. The first kappa shape index (κ1) is 11.2. The van der Waals surface area contributed by atoms with E-state index in [-0.39, 0.29) is 11.7 Å². The average Bonchev–Trinajstić information content (AvgIpc) is 2.32. The van der Waals surface area contributed by atoms with Gasteiger partial charge in [-0.1, -0.05) is 12.1 Å². The first-order chi connectivity index (χ1) is 8.24. The average molecular weight is 230 g/mol. The van der Waals surface area contributed by atoms with Crippen molar-refractivity contribution in [3.8, 4) is 5.75 Å².